The van der Waals surface area contributed by atoms with E-state index in [-0.39, 0.29) is 17.5 Å². The average Bonchev–Trinajstić information content (AvgIpc) is 2.77. The van der Waals surface area contributed by atoms with Crippen LogP contribution in [0.2, 0.25) is 0 Å². The van der Waals surface area contributed by atoms with Crippen LogP contribution in [0.5, 0.6) is 0 Å². The van der Waals surface area contributed by atoms with Gasteiger partial charge in [-0.3, -0.25) is 0 Å². The molecule has 1 N–H and O–H groups in total. The van der Waals surface area contributed by atoms with Crippen molar-refractivity contribution < 1.29 is 14.2 Å². The Hall–Kier alpha value is -0.160. The summed E-state index contributed by atoms with van der Waals surface area (Å²) < 4.78 is 17.9. The molecule has 2 fully saturated rings. The lowest BCUT2D eigenvalue weighted by Gasteiger charge is -2.43. The molecule has 1 aliphatic heterocycles. The fraction of sp³-hybridized carbons (Fsp3) is 1.00. The van der Waals surface area contributed by atoms with Gasteiger partial charge in [-0.1, -0.05) is 6.92 Å². The third-order valence-corrected chi connectivity index (χ3v) is 4.30. The van der Waals surface area contributed by atoms with Crippen LogP contribution in [0.15, 0.2) is 0 Å². The third kappa shape index (κ3) is 3.05. The minimum atomic E-state index is -0.373. The standard InChI is InChI=1S/C14H27NO3/c1-5-13(2,3)18-12-10-14(16-8-9-17-14)7-6-11(12)15-4/h11-12,15H,5-10H2,1-4H3. The second kappa shape index (κ2) is 5.45. The van der Waals surface area contributed by atoms with Gasteiger partial charge in [0.05, 0.1) is 24.9 Å². The molecule has 1 saturated carbocycles. The van der Waals surface area contributed by atoms with Crippen molar-refractivity contribution in [3.63, 3.8) is 0 Å². The van der Waals surface area contributed by atoms with E-state index in [1.165, 1.54) is 0 Å². The van der Waals surface area contributed by atoms with Gasteiger partial charge in [0.15, 0.2) is 5.79 Å². The summed E-state index contributed by atoms with van der Waals surface area (Å²) in [5, 5.41) is 3.37. The zero-order chi connectivity index (χ0) is 13.2. The molecule has 4 heteroatoms. The van der Waals surface area contributed by atoms with Crippen LogP contribution in [-0.4, -0.2) is 43.8 Å². The van der Waals surface area contributed by atoms with Crippen LogP contribution in [0.1, 0.15) is 46.5 Å². The fourth-order valence-electron chi connectivity index (χ4n) is 2.82. The highest BCUT2D eigenvalue weighted by Gasteiger charge is 2.46. The van der Waals surface area contributed by atoms with Crippen molar-refractivity contribution in [3.8, 4) is 0 Å². The summed E-state index contributed by atoms with van der Waals surface area (Å²) in [7, 11) is 2.01. The van der Waals surface area contributed by atoms with Crippen LogP contribution < -0.4 is 5.32 Å². The Morgan fingerprint density at radius 2 is 2.00 bits per heavy atom. The van der Waals surface area contributed by atoms with E-state index < -0.39 is 0 Å². The Bertz CT molecular complexity index is 274. The van der Waals surface area contributed by atoms with Gasteiger partial charge in [-0.25, -0.2) is 0 Å². The van der Waals surface area contributed by atoms with Gasteiger partial charge in [0.25, 0.3) is 0 Å². The molecule has 2 aliphatic rings. The smallest absolute Gasteiger partial charge is 0.171 e. The topological polar surface area (TPSA) is 39.7 Å². The van der Waals surface area contributed by atoms with E-state index >= 15 is 0 Å². The molecule has 0 radical (unpaired) electrons. The summed E-state index contributed by atoms with van der Waals surface area (Å²) in [6, 6.07) is 0.397. The summed E-state index contributed by atoms with van der Waals surface area (Å²) in [5.74, 6) is -0.373. The molecule has 18 heavy (non-hydrogen) atoms. The molecule has 4 nitrogen and oxygen atoms in total. The van der Waals surface area contributed by atoms with E-state index in [1.807, 2.05) is 7.05 Å². The first-order chi connectivity index (χ1) is 8.50. The van der Waals surface area contributed by atoms with Crippen LogP contribution in [-0.2, 0) is 14.2 Å². The van der Waals surface area contributed by atoms with Gasteiger partial charge in [0.2, 0.25) is 0 Å². The molecule has 1 spiro atoms. The molecule has 0 aromatic heterocycles. The molecule has 2 atom stereocenters. The van der Waals surface area contributed by atoms with Crippen LogP contribution in [0, 0.1) is 0 Å². The van der Waals surface area contributed by atoms with E-state index in [0.29, 0.717) is 19.3 Å². The number of nitrogens with one attached hydrogen (secondary N) is 1. The zero-order valence-electron chi connectivity index (χ0n) is 12.1. The minimum Gasteiger partial charge on any atom is -0.371 e. The maximum atomic E-state index is 6.30. The van der Waals surface area contributed by atoms with E-state index in [4.69, 9.17) is 14.2 Å². The van der Waals surface area contributed by atoms with Crippen molar-refractivity contribution in [2.24, 2.45) is 0 Å². The highest BCUT2D eigenvalue weighted by molar-refractivity contribution is 4.93. The number of rotatable bonds is 4. The number of hydrogen-bond acceptors (Lipinski definition) is 4. The Balaban J connectivity index is 2.03. The summed E-state index contributed by atoms with van der Waals surface area (Å²) in [6.45, 7) is 7.90. The molecule has 0 amide bonds. The first kappa shape index (κ1) is 14.3. The average molecular weight is 257 g/mol. The lowest BCUT2D eigenvalue weighted by atomic mass is 9.86. The van der Waals surface area contributed by atoms with Crippen molar-refractivity contribution in [1.82, 2.24) is 5.32 Å². The maximum Gasteiger partial charge on any atom is 0.171 e. The van der Waals surface area contributed by atoms with Crippen LogP contribution in [0.4, 0.5) is 0 Å². The van der Waals surface area contributed by atoms with Gasteiger partial charge in [-0.15, -0.1) is 0 Å². The second-order valence-electron chi connectivity index (χ2n) is 6.02. The van der Waals surface area contributed by atoms with Gasteiger partial charge in [0, 0.05) is 18.9 Å². The van der Waals surface area contributed by atoms with E-state index in [0.717, 1.165) is 25.7 Å². The molecule has 1 aliphatic carbocycles. The number of likely N-dealkylation sites (N-methyl/N-ethyl adjacent to an activating group) is 1. The van der Waals surface area contributed by atoms with Crippen molar-refractivity contribution in [2.45, 2.75) is 70.0 Å². The highest BCUT2D eigenvalue weighted by Crippen LogP contribution is 2.38. The Morgan fingerprint density at radius 3 is 2.56 bits per heavy atom. The van der Waals surface area contributed by atoms with E-state index in [9.17, 15) is 0 Å². The third-order valence-electron chi connectivity index (χ3n) is 4.30. The molecule has 106 valence electrons. The molecule has 1 saturated heterocycles. The number of hydrogen-bond donors (Lipinski definition) is 1. The largest absolute Gasteiger partial charge is 0.371 e. The fourth-order valence-corrected chi connectivity index (χ4v) is 2.82. The Morgan fingerprint density at radius 1 is 1.33 bits per heavy atom. The Labute approximate surface area is 110 Å². The van der Waals surface area contributed by atoms with Crippen LogP contribution in [0.3, 0.4) is 0 Å². The van der Waals surface area contributed by atoms with Crippen molar-refractivity contribution in [2.75, 3.05) is 20.3 Å². The molecular weight excluding hydrogens is 230 g/mol. The van der Waals surface area contributed by atoms with Gasteiger partial charge in [-0.2, -0.15) is 0 Å². The lowest BCUT2D eigenvalue weighted by Crippen LogP contribution is -2.53. The van der Waals surface area contributed by atoms with Gasteiger partial charge >= 0.3 is 0 Å². The van der Waals surface area contributed by atoms with Gasteiger partial charge in [0.1, 0.15) is 0 Å². The Kier molecular flexibility index (Phi) is 4.32. The van der Waals surface area contributed by atoms with E-state index in [1.54, 1.807) is 0 Å². The SMILES string of the molecule is CCC(C)(C)OC1CC2(CCC1NC)OCCO2. The summed E-state index contributed by atoms with van der Waals surface area (Å²) in [5.41, 5.74) is -0.0864. The van der Waals surface area contributed by atoms with Crippen LogP contribution >= 0.6 is 0 Å². The molecule has 2 rings (SSSR count). The van der Waals surface area contributed by atoms with Gasteiger partial charge in [-0.05, 0) is 33.7 Å². The molecule has 2 unspecified atom stereocenters. The molecule has 1 heterocycles. The molecular formula is C14H27NO3. The predicted molar refractivity (Wildman–Crippen MR) is 70.6 cm³/mol. The quantitative estimate of drug-likeness (QED) is 0.837. The first-order valence-electron chi connectivity index (χ1n) is 7.13. The van der Waals surface area contributed by atoms with Gasteiger partial charge < -0.3 is 19.5 Å². The normalized spacial score (nSPS) is 32.0. The van der Waals surface area contributed by atoms with E-state index in [2.05, 4.69) is 26.1 Å². The molecule has 0 aromatic carbocycles. The summed E-state index contributed by atoms with van der Waals surface area (Å²) >= 11 is 0. The summed E-state index contributed by atoms with van der Waals surface area (Å²) in [6.07, 6.45) is 4.01. The summed E-state index contributed by atoms with van der Waals surface area (Å²) in [4.78, 5) is 0. The molecule has 0 bridgehead atoms. The van der Waals surface area contributed by atoms with Crippen molar-refractivity contribution >= 4 is 0 Å². The minimum absolute atomic E-state index is 0.0864. The van der Waals surface area contributed by atoms with Crippen molar-refractivity contribution in [1.29, 1.82) is 0 Å². The van der Waals surface area contributed by atoms with Crippen molar-refractivity contribution in [3.05, 3.63) is 0 Å². The lowest BCUT2D eigenvalue weighted by molar-refractivity contribution is -0.221. The second-order valence-corrected chi connectivity index (χ2v) is 6.02. The first-order valence-corrected chi connectivity index (χ1v) is 7.13. The monoisotopic (exact) mass is 257 g/mol. The molecule has 0 aromatic rings. The predicted octanol–water partition coefficient (Wildman–Crippen LogP) is 2.08. The number of ether oxygens (including phenoxy) is 3. The highest BCUT2D eigenvalue weighted by atomic mass is 16.7. The van der Waals surface area contributed by atoms with Crippen LogP contribution in [0.25, 0.3) is 0 Å². The maximum absolute atomic E-state index is 6.30. The zero-order valence-corrected chi connectivity index (χ0v) is 12.1.